The first-order valence-electron chi connectivity index (χ1n) is 1.95. The maximum absolute atomic E-state index is 8.36. The van der Waals surface area contributed by atoms with Gasteiger partial charge in [0.1, 0.15) is 0 Å². The second kappa shape index (κ2) is 128. The Morgan fingerprint density at radius 3 is 0.769 bits per heavy atom. The van der Waals surface area contributed by atoms with Crippen LogP contribution in [-0.2, 0) is 19.2 Å². The normalized spacial score (nSPS) is 3.69. The van der Waals surface area contributed by atoms with Gasteiger partial charge in [0.2, 0.25) is 0 Å². The zero-order chi connectivity index (χ0) is 10.8. The Labute approximate surface area is 95.1 Å². The molecule has 13 heavy (non-hydrogen) atoms. The summed E-state index contributed by atoms with van der Waals surface area (Å²) in [4.78, 5) is 33.3. The first-order valence-corrected chi connectivity index (χ1v) is 1.95. The molecule has 0 saturated heterocycles. The molecule has 0 aliphatic carbocycles. The van der Waals surface area contributed by atoms with Crippen molar-refractivity contribution in [2.45, 2.75) is 0 Å². The molecule has 0 saturated carbocycles. The van der Waals surface area contributed by atoms with Gasteiger partial charge in [-0.2, -0.15) is 0 Å². The summed E-state index contributed by atoms with van der Waals surface area (Å²) in [5, 5.41) is 28.9. The van der Waals surface area contributed by atoms with E-state index in [1.54, 1.807) is 0 Å². The van der Waals surface area contributed by atoms with E-state index in [1.165, 1.54) is 0 Å². The topological polar surface area (TPSA) is 152 Å². The number of hydrogen-bond donors (Lipinski definition) is 3. The molecule has 0 aromatic heterocycles. The Morgan fingerprint density at radius 2 is 0.769 bits per heavy atom. The van der Waals surface area contributed by atoms with Gasteiger partial charge >= 0.3 is 29.6 Å². The molecule has 0 rings (SSSR count). The zero-order valence-corrected chi connectivity index (χ0v) is 8.69. The summed E-state index contributed by atoms with van der Waals surface area (Å²) in [6, 6.07) is 0. The maximum Gasteiger partial charge on any atom is 1.00 e. The molecule has 0 aliphatic rings. The van der Waals surface area contributed by atoms with Crippen LogP contribution in [0.15, 0.2) is 0 Å². The average molecular weight is 206 g/mol. The van der Waals surface area contributed by atoms with Gasteiger partial charge in [0, 0.05) is 6.47 Å². The van der Waals surface area contributed by atoms with Crippen molar-refractivity contribution in [1.29, 1.82) is 0 Å². The first-order chi connectivity index (χ1) is 5.66. The van der Waals surface area contributed by atoms with E-state index < -0.39 is 6.47 Å². The molecule has 0 heterocycles. The van der Waals surface area contributed by atoms with E-state index in [0.29, 0.717) is 0 Å². The molecule has 0 bridgehead atoms. The fraction of sp³-hybridized carbons (Fsp3) is 0. The Kier molecular flexibility index (Phi) is 293. The Bertz CT molecular complexity index is 70.1. The van der Waals surface area contributed by atoms with Gasteiger partial charge in [0.05, 0.1) is 0 Å². The van der Waals surface area contributed by atoms with Crippen LogP contribution in [0.3, 0.4) is 0 Å². The minimum absolute atomic E-state index is 0. The van der Waals surface area contributed by atoms with E-state index in [2.05, 4.69) is 0 Å². The van der Waals surface area contributed by atoms with E-state index in [4.69, 9.17) is 39.6 Å². The van der Waals surface area contributed by atoms with Gasteiger partial charge in [-0.1, -0.05) is 0 Å². The second-order valence-corrected chi connectivity index (χ2v) is 0.412. The van der Waals surface area contributed by atoms with Gasteiger partial charge in [-0.05, 0) is 0 Å². The third-order valence-electron chi connectivity index (χ3n) is 0. The van der Waals surface area contributed by atoms with E-state index in [9.17, 15) is 0 Å². The third-order valence-corrected chi connectivity index (χ3v) is 0. The van der Waals surface area contributed by atoms with Crippen molar-refractivity contribution < 1.29 is 69.2 Å². The van der Waals surface area contributed by atoms with Crippen molar-refractivity contribution in [1.82, 2.24) is 0 Å². The molecule has 0 aromatic rings. The summed E-state index contributed by atoms with van der Waals surface area (Å²) in [6.45, 7) is -1.25. The molecular weight excluding hydrogens is 199 g/mol. The Morgan fingerprint density at radius 1 is 0.769 bits per heavy atom. The molecular formula is C4H7NaO8. The standard InChI is InChI=1S/4CH2O2.Na/c4*2-1-3;/h4*1H,(H,2,3);/q;;;;+1/p-1. The van der Waals surface area contributed by atoms with E-state index in [1.807, 2.05) is 0 Å². The van der Waals surface area contributed by atoms with E-state index >= 15 is 0 Å². The van der Waals surface area contributed by atoms with Crippen LogP contribution in [0, 0.1) is 0 Å². The van der Waals surface area contributed by atoms with E-state index in [0.717, 1.165) is 0 Å². The van der Waals surface area contributed by atoms with Crippen molar-refractivity contribution in [3.05, 3.63) is 0 Å². The van der Waals surface area contributed by atoms with Crippen molar-refractivity contribution in [3.8, 4) is 0 Å². The second-order valence-electron chi connectivity index (χ2n) is 0.412. The SMILES string of the molecule is O=CO.O=CO.O=CO.O=C[O-].[Na+]. The average Bonchev–Trinajstić information content (AvgIpc) is 1.92. The van der Waals surface area contributed by atoms with Crippen LogP contribution in [0.5, 0.6) is 0 Å². The van der Waals surface area contributed by atoms with Crippen LogP contribution in [0.1, 0.15) is 0 Å². The summed E-state index contributed by atoms with van der Waals surface area (Å²) in [6.07, 6.45) is 0. The molecule has 0 fully saturated rings. The zero-order valence-electron chi connectivity index (χ0n) is 6.69. The predicted octanol–water partition coefficient (Wildman–Crippen LogP) is -5.53. The predicted molar refractivity (Wildman–Crippen MR) is 32.1 cm³/mol. The summed E-state index contributed by atoms with van der Waals surface area (Å²) >= 11 is 0. The third kappa shape index (κ3) is 684. The summed E-state index contributed by atoms with van der Waals surface area (Å²) < 4.78 is 0. The van der Waals surface area contributed by atoms with Crippen molar-refractivity contribution in [2.24, 2.45) is 0 Å². The van der Waals surface area contributed by atoms with Crippen molar-refractivity contribution in [3.63, 3.8) is 0 Å². The van der Waals surface area contributed by atoms with Crippen LogP contribution in [-0.4, -0.2) is 41.2 Å². The molecule has 0 unspecified atom stereocenters. The van der Waals surface area contributed by atoms with Crippen LogP contribution >= 0.6 is 0 Å². The summed E-state index contributed by atoms with van der Waals surface area (Å²) in [5.41, 5.74) is 0. The Hall–Kier alpha value is -1.12. The fourth-order valence-corrected chi connectivity index (χ4v) is 0. The number of carboxylic acid groups (broad SMARTS) is 4. The minimum atomic E-state index is -0.500. The fourth-order valence-electron chi connectivity index (χ4n) is 0. The molecule has 0 spiro atoms. The van der Waals surface area contributed by atoms with Crippen LogP contribution in [0.4, 0.5) is 0 Å². The molecule has 9 heteroatoms. The number of rotatable bonds is 0. The number of carbonyl (C=O) groups excluding carboxylic acids is 1. The molecule has 0 aromatic carbocycles. The Balaban J connectivity index is -0.0000000213. The smallest absolute Gasteiger partial charge is 0.554 e. The quantitative estimate of drug-likeness (QED) is 0.262. The monoisotopic (exact) mass is 206 g/mol. The van der Waals surface area contributed by atoms with Crippen LogP contribution in [0.2, 0.25) is 0 Å². The van der Waals surface area contributed by atoms with Crippen LogP contribution in [0.25, 0.3) is 0 Å². The van der Waals surface area contributed by atoms with Gasteiger partial charge < -0.3 is 25.2 Å². The number of carbonyl (C=O) groups is 4. The molecule has 72 valence electrons. The van der Waals surface area contributed by atoms with Gasteiger partial charge in [-0.15, -0.1) is 0 Å². The molecule has 0 amide bonds. The largest absolute Gasteiger partial charge is 1.00 e. The first kappa shape index (κ1) is 29.7. The molecule has 8 nitrogen and oxygen atoms in total. The minimum Gasteiger partial charge on any atom is -0.554 e. The molecule has 0 radical (unpaired) electrons. The molecule has 3 N–H and O–H groups in total. The summed E-state index contributed by atoms with van der Waals surface area (Å²) in [5.74, 6) is 0. The van der Waals surface area contributed by atoms with E-state index in [-0.39, 0.29) is 49.0 Å². The van der Waals surface area contributed by atoms with Gasteiger partial charge in [-0.3, -0.25) is 14.4 Å². The van der Waals surface area contributed by atoms with Gasteiger partial charge in [0.25, 0.3) is 19.4 Å². The van der Waals surface area contributed by atoms with Crippen LogP contribution < -0.4 is 34.7 Å². The van der Waals surface area contributed by atoms with Gasteiger partial charge in [0.15, 0.2) is 0 Å². The number of hydrogen-bond acceptors (Lipinski definition) is 5. The van der Waals surface area contributed by atoms with Gasteiger partial charge in [-0.25, -0.2) is 0 Å². The van der Waals surface area contributed by atoms with Crippen molar-refractivity contribution in [2.75, 3.05) is 0 Å². The summed E-state index contributed by atoms with van der Waals surface area (Å²) in [7, 11) is 0. The molecule has 0 aliphatic heterocycles. The molecule has 0 atom stereocenters. The maximum atomic E-state index is 8.36. The van der Waals surface area contributed by atoms with Crippen molar-refractivity contribution >= 4 is 25.9 Å².